The zero-order chi connectivity index (χ0) is 13.6. The molecule has 0 spiro atoms. The first kappa shape index (κ1) is 14.7. The molecule has 1 aromatic rings. The number of hydrogen-bond acceptors (Lipinski definition) is 5. The summed E-state index contributed by atoms with van der Waals surface area (Å²) in [4.78, 5) is 11.2. The smallest absolute Gasteiger partial charge is 0.373 e. The van der Waals surface area contributed by atoms with Crippen LogP contribution >= 0.6 is 0 Å². The van der Waals surface area contributed by atoms with Gasteiger partial charge in [-0.3, -0.25) is 0 Å². The Hall–Kier alpha value is -1.33. The average molecular weight is 255 g/mol. The number of aliphatic hydroxyl groups excluding tert-OH is 1. The summed E-state index contributed by atoms with van der Waals surface area (Å²) in [5.41, 5.74) is -0.293. The number of hydrogen-bond donors (Lipinski definition) is 2. The van der Waals surface area contributed by atoms with Crippen molar-refractivity contribution in [1.82, 2.24) is 5.32 Å². The van der Waals surface area contributed by atoms with E-state index in [1.807, 2.05) is 13.8 Å². The summed E-state index contributed by atoms with van der Waals surface area (Å²) in [7, 11) is 1.31. The van der Waals surface area contributed by atoms with Gasteiger partial charge in [0, 0.05) is 5.54 Å². The Kier molecular flexibility index (Phi) is 5.37. The molecule has 1 aromatic heterocycles. The summed E-state index contributed by atoms with van der Waals surface area (Å²) in [5, 5.41) is 12.7. The van der Waals surface area contributed by atoms with Gasteiger partial charge < -0.3 is 19.6 Å². The van der Waals surface area contributed by atoms with E-state index in [0.29, 0.717) is 12.3 Å². The lowest BCUT2D eigenvalue weighted by Crippen LogP contribution is -2.46. The quantitative estimate of drug-likeness (QED) is 0.726. The van der Waals surface area contributed by atoms with E-state index in [4.69, 9.17) is 4.42 Å². The minimum absolute atomic E-state index is 0.0740. The molecule has 0 amide bonds. The normalized spacial score (nSPS) is 11.6. The largest absolute Gasteiger partial charge is 0.463 e. The predicted octanol–water partition coefficient (Wildman–Crippen LogP) is 1.71. The molecule has 5 nitrogen and oxygen atoms in total. The summed E-state index contributed by atoms with van der Waals surface area (Å²) in [6, 6.07) is 3.31. The van der Waals surface area contributed by atoms with Crippen LogP contribution in [-0.4, -0.2) is 30.3 Å². The van der Waals surface area contributed by atoms with Gasteiger partial charge in [-0.05, 0) is 25.0 Å². The van der Waals surface area contributed by atoms with Crippen molar-refractivity contribution in [2.45, 2.75) is 38.8 Å². The highest BCUT2D eigenvalue weighted by Gasteiger charge is 2.24. The third-order valence-electron chi connectivity index (χ3n) is 3.34. The number of furan rings is 1. The second-order valence-electron chi connectivity index (χ2n) is 4.26. The predicted molar refractivity (Wildman–Crippen MR) is 67.3 cm³/mol. The Labute approximate surface area is 107 Å². The van der Waals surface area contributed by atoms with Crippen LogP contribution in [0.25, 0.3) is 0 Å². The number of aliphatic hydroxyl groups is 1. The van der Waals surface area contributed by atoms with Crippen LogP contribution in [0.4, 0.5) is 0 Å². The number of rotatable bonds is 7. The first-order chi connectivity index (χ1) is 8.60. The minimum Gasteiger partial charge on any atom is -0.463 e. The first-order valence-corrected chi connectivity index (χ1v) is 6.13. The number of esters is 1. The molecule has 0 saturated heterocycles. The Morgan fingerprint density at radius 1 is 1.44 bits per heavy atom. The molecule has 0 atom stereocenters. The van der Waals surface area contributed by atoms with Crippen LogP contribution in [0.15, 0.2) is 16.5 Å². The summed E-state index contributed by atoms with van der Waals surface area (Å²) in [6.07, 6.45) is 1.65. The third-order valence-corrected chi connectivity index (χ3v) is 3.34. The lowest BCUT2D eigenvalue weighted by molar-refractivity contribution is 0.0562. The molecular weight excluding hydrogens is 234 g/mol. The number of carbonyl (C=O) groups is 1. The molecule has 0 saturated carbocycles. The van der Waals surface area contributed by atoms with Crippen LogP contribution in [0.3, 0.4) is 0 Å². The second kappa shape index (κ2) is 6.56. The number of nitrogens with one attached hydrogen (secondary N) is 1. The SMILES string of the molecule is CCC(CC)(CO)NCc1ccc(C(=O)OC)o1. The molecule has 0 fully saturated rings. The van der Waals surface area contributed by atoms with E-state index < -0.39 is 5.97 Å². The fraction of sp³-hybridized carbons (Fsp3) is 0.615. The van der Waals surface area contributed by atoms with E-state index in [9.17, 15) is 9.90 Å². The van der Waals surface area contributed by atoms with Crippen molar-refractivity contribution in [2.75, 3.05) is 13.7 Å². The Balaban J connectivity index is 2.63. The van der Waals surface area contributed by atoms with Crippen molar-refractivity contribution >= 4 is 5.97 Å². The first-order valence-electron chi connectivity index (χ1n) is 6.13. The molecule has 18 heavy (non-hydrogen) atoms. The average Bonchev–Trinajstić information content (AvgIpc) is 2.89. The van der Waals surface area contributed by atoms with E-state index in [0.717, 1.165) is 12.8 Å². The molecule has 0 aromatic carbocycles. The van der Waals surface area contributed by atoms with Crippen LogP contribution in [0.1, 0.15) is 43.0 Å². The van der Waals surface area contributed by atoms with Crippen molar-refractivity contribution in [1.29, 1.82) is 0 Å². The molecule has 2 N–H and O–H groups in total. The molecule has 5 heteroatoms. The standard InChI is InChI=1S/C13H21NO4/c1-4-13(5-2,9-15)14-8-10-6-7-11(18-10)12(16)17-3/h6-7,14-15H,4-5,8-9H2,1-3H3. The van der Waals surface area contributed by atoms with Crippen molar-refractivity contribution in [2.24, 2.45) is 0 Å². The van der Waals surface area contributed by atoms with Gasteiger partial charge in [0.2, 0.25) is 5.76 Å². The molecule has 0 aliphatic rings. The van der Waals surface area contributed by atoms with Crippen LogP contribution < -0.4 is 5.32 Å². The number of ether oxygens (including phenoxy) is 1. The molecular formula is C13H21NO4. The van der Waals surface area contributed by atoms with Gasteiger partial charge in [-0.15, -0.1) is 0 Å². The monoisotopic (exact) mass is 255 g/mol. The van der Waals surface area contributed by atoms with Crippen molar-refractivity contribution in [3.05, 3.63) is 23.7 Å². The van der Waals surface area contributed by atoms with E-state index in [1.165, 1.54) is 7.11 Å². The molecule has 0 unspecified atom stereocenters. The van der Waals surface area contributed by atoms with Crippen LogP contribution in [0.5, 0.6) is 0 Å². The topological polar surface area (TPSA) is 71.7 Å². The number of carbonyl (C=O) groups excluding carboxylic acids is 1. The highest BCUT2D eigenvalue weighted by Crippen LogP contribution is 2.16. The van der Waals surface area contributed by atoms with Gasteiger partial charge in [0.1, 0.15) is 5.76 Å². The molecule has 102 valence electrons. The van der Waals surface area contributed by atoms with Crippen LogP contribution in [-0.2, 0) is 11.3 Å². The Bertz CT molecular complexity index is 374. The molecule has 0 aliphatic carbocycles. The van der Waals surface area contributed by atoms with E-state index >= 15 is 0 Å². The third kappa shape index (κ3) is 3.34. The van der Waals surface area contributed by atoms with Gasteiger partial charge in [-0.1, -0.05) is 13.8 Å². The molecule has 1 heterocycles. The van der Waals surface area contributed by atoms with Crippen LogP contribution in [0.2, 0.25) is 0 Å². The van der Waals surface area contributed by atoms with Gasteiger partial charge in [0.05, 0.1) is 20.3 Å². The van der Waals surface area contributed by atoms with E-state index in [2.05, 4.69) is 10.1 Å². The summed E-state index contributed by atoms with van der Waals surface area (Å²) >= 11 is 0. The lowest BCUT2D eigenvalue weighted by atomic mass is 9.94. The summed E-state index contributed by atoms with van der Waals surface area (Å²) in [6.45, 7) is 4.59. The van der Waals surface area contributed by atoms with Gasteiger partial charge in [0.25, 0.3) is 0 Å². The van der Waals surface area contributed by atoms with Crippen molar-refractivity contribution < 1.29 is 19.1 Å². The maximum atomic E-state index is 11.2. The maximum Gasteiger partial charge on any atom is 0.373 e. The highest BCUT2D eigenvalue weighted by atomic mass is 16.5. The Morgan fingerprint density at radius 2 is 2.11 bits per heavy atom. The van der Waals surface area contributed by atoms with Crippen molar-refractivity contribution in [3.63, 3.8) is 0 Å². The number of methoxy groups -OCH3 is 1. The minimum atomic E-state index is -0.486. The van der Waals surface area contributed by atoms with Gasteiger partial charge in [0.15, 0.2) is 0 Å². The summed E-state index contributed by atoms with van der Waals surface area (Å²) < 4.78 is 9.91. The zero-order valence-corrected chi connectivity index (χ0v) is 11.2. The molecule has 0 aliphatic heterocycles. The van der Waals surface area contributed by atoms with Crippen molar-refractivity contribution in [3.8, 4) is 0 Å². The van der Waals surface area contributed by atoms with E-state index in [-0.39, 0.29) is 17.9 Å². The van der Waals surface area contributed by atoms with Gasteiger partial charge >= 0.3 is 5.97 Å². The molecule has 0 radical (unpaired) electrons. The summed E-state index contributed by atoms with van der Waals surface area (Å²) in [5.74, 6) is 0.354. The molecule has 1 rings (SSSR count). The fourth-order valence-corrected chi connectivity index (χ4v) is 1.74. The van der Waals surface area contributed by atoms with Gasteiger partial charge in [-0.25, -0.2) is 4.79 Å². The molecule has 0 bridgehead atoms. The van der Waals surface area contributed by atoms with Gasteiger partial charge in [-0.2, -0.15) is 0 Å². The van der Waals surface area contributed by atoms with Crippen LogP contribution in [0, 0.1) is 0 Å². The zero-order valence-electron chi connectivity index (χ0n) is 11.2. The lowest BCUT2D eigenvalue weighted by Gasteiger charge is -2.30. The van der Waals surface area contributed by atoms with E-state index in [1.54, 1.807) is 12.1 Å². The highest BCUT2D eigenvalue weighted by molar-refractivity contribution is 5.86. The maximum absolute atomic E-state index is 11.2. The Morgan fingerprint density at radius 3 is 2.61 bits per heavy atom. The second-order valence-corrected chi connectivity index (χ2v) is 4.26. The fourth-order valence-electron chi connectivity index (χ4n) is 1.74.